The zero-order chi connectivity index (χ0) is 11.5. The summed E-state index contributed by atoms with van der Waals surface area (Å²) in [5, 5.41) is 0. The van der Waals surface area contributed by atoms with E-state index in [1.807, 2.05) is 0 Å². The Hall–Kier alpha value is -0.940. The molecule has 0 fully saturated rings. The molecule has 0 spiro atoms. The number of thiocarbonyl (C=S) groups is 1. The van der Waals surface area contributed by atoms with E-state index in [1.165, 1.54) is 0 Å². The van der Waals surface area contributed by atoms with Gasteiger partial charge in [0.05, 0.1) is 5.75 Å². The van der Waals surface area contributed by atoms with E-state index in [2.05, 4.69) is 0 Å². The standard InChI is InChI=1S/C10H13NO2S2/c1-2-15(12,13)7-8-5-3-4-6-9(8)10(11)14/h3-6H,2,7H2,1H3,(H2,11,14). The Morgan fingerprint density at radius 3 is 2.53 bits per heavy atom. The first-order valence-corrected chi connectivity index (χ1v) is 6.77. The minimum atomic E-state index is -3.04. The topological polar surface area (TPSA) is 60.2 Å². The molecule has 1 rings (SSSR count). The number of benzene rings is 1. The summed E-state index contributed by atoms with van der Waals surface area (Å²) in [6.45, 7) is 1.62. The number of hydrogen-bond acceptors (Lipinski definition) is 3. The smallest absolute Gasteiger partial charge is 0.154 e. The van der Waals surface area contributed by atoms with E-state index in [-0.39, 0.29) is 16.5 Å². The molecule has 0 bridgehead atoms. The summed E-state index contributed by atoms with van der Waals surface area (Å²) in [6.07, 6.45) is 0. The van der Waals surface area contributed by atoms with E-state index in [4.69, 9.17) is 18.0 Å². The fourth-order valence-electron chi connectivity index (χ4n) is 1.23. The van der Waals surface area contributed by atoms with Gasteiger partial charge in [0.1, 0.15) is 4.99 Å². The van der Waals surface area contributed by atoms with Gasteiger partial charge in [0.15, 0.2) is 9.84 Å². The maximum absolute atomic E-state index is 11.5. The van der Waals surface area contributed by atoms with Crippen LogP contribution >= 0.6 is 12.2 Å². The van der Waals surface area contributed by atoms with E-state index in [0.29, 0.717) is 11.1 Å². The van der Waals surface area contributed by atoms with Crippen LogP contribution in [0.3, 0.4) is 0 Å². The SMILES string of the molecule is CCS(=O)(=O)Cc1ccccc1C(N)=S. The van der Waals surface area contributed by atoms with Crippen LogP contribution in [-0.2, 0) is 15.6 Å². The Labute approximate surface area is 95.2 Å². The Balaban J connectivity index is 3.10. The average molecular weight is 243 g/mol. The first-order valence-electron chi connectivity index (χ1n) is 4.54. The van der Waals surface area contributed by atoms with Crippen molar-refractivity contribution in [3.8, 4) is 0 Å². The van der Waals surface area contributed by atoms with Crippen LogP contribution in [-0.4, -0.2) is 19.2 Å². The highest BCUT2D eigenvalue weighted by Crippen LogP contribution is 2.12. The summed E-state index contributed by atoms with van der Waals surface area (Å²) in [5.41, 5.74) is 6.83. The van der Waals surface area contributed by atoms with E-state index >= 15 is 0 Å². The molecule has 82 valence electrons. The zero-order valence-electron chi connectivity index (χ0n) is 8.43. The van der Waals surface area contributed by atoms with Crippen molar-refractivity contribution in [2.45, 2.75) is 12.7 Å². The van der Waals surface area contributed by atoms with Gasteiger partial charge in [0.2, 0.25) is 0 Å². The summed E-state index contributed by atoms with van der Waals surface area (Å²) in [6, 6.07) is 7.05. The molecular formula is C10H13NO2S2. The fourth-order valence-corrected chi connectivity index (χ4v) is 2.35. The van der Waals surface area contributed by atoms with Crippen molar-refractivity contribution in [2.24, 2.45) is 5.73 Å². The van der Waals surface area contributed by atoms with Crippen molar-refractivity contribution in [1.29, 1.82) is 0 Å². The number of sulfone groups is 1. The van der Waals surface area contributed by atoms with Gasteiger partial charge in [-0.2, -0.15) is 0 Å². The maximum Gasteiger partial charge on any atom is 0.154 e. The van der Waals surface area contributed by atoms with Crippen molar-refractivity contribution in [1.82, 2.24) is 0 Å². The third-order valence-electron chi connectivity index (χ3n) is 2.10. The van der Waals surface area contributed by atoms with Crippen LogP contribution in [0.2, 0.25) is 0 Å². The van der Waals surface area contributed by atoms with E-state index in [0.717, 1.165) is 0 Å². The van der Waals surface area contributed by atoms with Crippen LogP contribution in [0.5, 0.6) is 0 Å². The average Bonchev–Trinajstić information content (AvgIpc) is 2.18. The molecule has 0 amide bonds. The van der Waals surface area contributed by atoms with Gasteiger partial charge in [0, 0.05) is 11.3 Å². The molecule has 5 heteroatoms. The van der Waals surface area contributed by atoms with E-state index in [9.17, 15) is 8.42 Å². The largest absolute Gasteiger partial charge is 0.389 e. The van der Waals surface area contributed by atoms with Crippen molar-refractivity contribution in [2.75, 3.05) is 5.75 Å². The summed E-state index contributed by atoms with van der Waals surface area (Å²) < 4.78 is 22.9. The van der Waals surface area contributed by atoms with Gasteiger partial charge in [-0.15, -0.1) is 0 Å². The van der Waals surface area contributed by atoms with E-state index in [1.54, 1.807) is 31.2 Å². The minimum Gasteiger partial charge on any atom is -0.389 e. The van der Waals surface area contributed by atoms with Gasteiger partial charge >= 0.3 is 0 Å². The van der Waals surface area contributed by atoms with Crippen LogP contribution < -0.4 is 5.73 Å². The first-order chi connectivity index (χ1) is 6.96. The molecule has 0 heterocycles. The molecule has 0 atom stereocenters. The van der Waals surface area contributed by atoms with Crippen molar-refractivity contribution < 1.29 is 8.42 Å². The van der Waals surface area contributed by atoms with Crippen molar-refractivity contribution in [3.05, 3.63) is 35.4 Å². The fraction of sp³-hybridized carbons (Fsp3) is 0.300. The molecular weight excluding hydrogens is 230 g/mol. The molecule has 2 N–H and O–H groups in total. The van der Waals surface area contributed by atoms with Gasteiger partial charge in [-0.3, -0.25) is 0 Å². The van der Waals surface area contributed by atoms with Crippen LogP contribution in [0.25, 0.3) is 0 Å². The predicted molar refractivity (Wildman–Crippen MR) is 65.5 cm³/mol. The van der Waals surface area contributed by atoms with Gasteiger partial charge in [0.25, 0.3) is 0 Å². The molecule has 3 nitrogen and oxygen atoms in total. The second-order valence-electron chi connectivity index (χ2n) is 3.20. The lowest BCUT2D eigenvalue weighted by Crippen LogP contribution is -2.15. The van der Waals surface area contributed by atoms with Crippen LogP contribution in [0.4, 0.5) is 0 Å². The second-order valence-corrected chi connectivity index (χ2v) is 5.99. The predicted octanol–water partition coefficient (Wildman–Crippen LogP) is 1.26. The lowest BCUT2D eigenvalue weighted by molar-refractivity contribution is 0.596. The van der Waals surface area contributed by atoms with Gasteiger partial charge in [-0.05, 0) is 5.56 Å². The first kappa shape index (κ1) is 12.1. The van der Waals surface area contributed by atoms with Crippen LogP contribution in [0, 0.1) is 0 Å². The molecule has 1 aromatic rings. The maximum atomic E-state index is 11.5. The van der Waals surface area contributed by atoms with Crippen molar-refractivity contribution in [3.63, 3.8) is 0 Å². The molecule has 0 aliphatic heterocycles. The monoisotopic (exact) mass is 243 g/mol. The van der Waals surface area contributed by atoms with Gasteiger partial charge in [-0.1, -0.05) is 43.4 Å². The summed E-state index contributed by atoms with van der Waals surface area (Å²) in [4.78, 5) is 0.233. The third-order valence-corrected chi connectivity index (χ3v) is 3.95. The lowest BCUT2D eigenvalue weighted by atomic mass is 10.1. The molecule has 0 aliphatic carbocycles. The minimum absolute atomic E-state index is 0.00296. The quantitative estimate of drug-likeness (QED) is 0.809. The summed E-state index contributed by atoms with van der Waals surface area (Å²) in [5.74, 6) is 0.121. The highest BCUT2D eigenvalue weighted by atomic mass is 32.2. The third kappa shape index (κ3) is 3.28. The number of nitrogens with two attached hydrogens (primary N) is 1. The zero-order valence-corrected chi connectivity index (χ0v) is 10.1. The molecule has 0 saturated heterocycles. The number of hydrogen-bond donors (Lipinski definition) is 1. The molecule has 1 aromatic carbocycles. The molecule has 0 aliphatic rings. The van der Waals surface area contributed by atoms with Crippen molar-refractivity contribution >= 4 is 27.0 Å². The Kier molecular flexibility index (Phi) is 3.82. The molecule has 0 aromatic heterocycles. The molecule has 0 saturated carbocycles. The van der Waals surface area contributed by atoms with Crippen LogP contribution in [0.15, 0.2) is 24.3 Å². The Morgan fingerprint density at radius 1 is 1.40 bits per heavy atom. The molecule has 0 radical (unpaired) electrons. The van der Waals surface area contributed by atoms with E-state index < -0.39 is 9.84 Å². The highest BCUT2D eigenvalue weighted by molar-refractivity contribution is 7.90. The molecule has 15 heavy (non-hydrogen) atoms. The van der Waals surface area contributed by atoms with Gasteiger partial charge in [-0.25, -0.2) is 8.42 Å². The highest BCUT2D eigenvalue weighted by Gasteiger charge is 2.12. The summed E-state index contributed by atoms with van der Waals surface area (Å²) in [7, 11) is -3.04. The Morgan fingerprint density at radius 2 is 2.00 bits per heavy atom. The second kappa shape index (κ2) is 4.72. The number of rotatable bonds is 4. The Bertz CT molecular complexity index is 466. The molecule has 0 unspecified atom stereocenters. The van der Waals surface area contributed by atoms with Gasteiger partial charge < -0.3 is 5.73 Å². The van der Waals surface area contributed by atoms with Crippen LogP contribution in [0.1, 0.15) is 18.1 Å². The normalized spacial score (nSPS) is 11.3. The summed E-state index contributed by atoms with van der Waals surface area (Å²) >= 11 is 4.86. The lowest BCUT2D eigenvalue weighted by Gasteiger charge is -2.07.